The fraction of sp³-hybridized carbons (Fsp3) is 0.357. The van der Waals surface area contributed by atoms with E-state index in [9.17, 15) is 14.9 Å². The molecule has 1 heterocycles. The lowest BCUT2D eigenvalue weighted by molar-refractivity contribution is -0.384. The van der Waals surface area contributed by atoms with Gasteiger partial charge in [0.15, 0.2) is 0 Å². The standard InChI is InChI=1S/C14H16N2O4S/c17-14(18)5-3-11-2-4-12(13(10-11)16(19)20)15-6-1-8-21-9-7-15/h2-5,10H,1,6-9H2,(H,17,18). The summed E-state index contributed by atoms with van der Waals surface area (Å²) < 4.78 is 0. The van der Waals surface area contributed by atoms with E-state index in [2.05, 4.69) is 0 Å². The van der Waals surface area contributed by atoms with Crippen LogP contribution in [-0.2, 0) is 4.79 Å². The second-order valence-corrected chi connectivity index (χ2v) is 5.85. The van der Waals surface area contributed by atoms with E-state index in [-0.39, 0.29) is 5.69 Å². The maximum atomic E-state index is 11.3. The normalized spacial score (nSPS) is 15.9. The highest BCUT2D eigenvalue weighted by atomic mass is 32.2. The summed E-state index contributed by atoms with van der Waals surface area (Å²) in [6, 6.07) is 4.84. The Labute approximate surface area is 126 Å². The van der Waals surface area contributed by atoms with Gasteiger partial charge in [-0.1, -0.05) is 6.07 Å². The van der Waals surface area contributed by atoms with E-state index in [1.54, 1.807) is 12.1 Å². The van der Waals surface area contributed by atoms with Crippen molar-refractivity contribution in [2.45, 2.75) is 6.42 Å². The highest BCUT2D eigenvalue weighted by Gasteiger charge is 2.20. The summed E-state index contributed by atoms with van der Waals surface area (Å²) in [6.07, 6.45) is 3.33. The largest absolute Gasteiger partial charge is 0.478 e. The van der Waals surface area contributed by atoms with Crippen LogP contribution in [0.2, 0.25) is 0 Å². The summed E-state index contributed by atoms with van der Waals surface area (Å²) in [5.74, 6) is 0.952. The van der Waals surface area contributed by atoms with Gasteiger partial charge in [0.1, 0.15) is 5.69 Å². The number of thioether (sulfide) groups is 1. The van der Waals surface area contributed by atoms with E-state index in [0.29, 0.717) is 11.3 Å². The maximum absolute atomic E-state index is 11.3. The van der Waals surface area contributed by atoms with Gasteiger partial charge in [0.05, 0.1) is 4.92 Å². The summed E-state index contributed by atoms with van der Waals surface area (Å²) >= 11 is 1.85. The predicted molar refractivity (Wildman–Crippen MR) is 83.9 cm³/mol. The number of anilines is 1. The highest BCUT2D eigenvalue weighted by molar-refractivity contribution is 7.99. The monoisotopic (exact) mass is 308 g/mol. The molecule has 0 unspecified atom stereocenters. The van der Waals surface area contributed by atoms with Gasteiger partial charge in [0, 0.05) is 31.0 Å². The average molecular weight is 308 g/mol. The van der Waals surface area contributed by atoms with Crippen molar-refractivity contribution >= 4 is 35.2 Å². The number of nitro groups is 1. The molecule has 1 saturated heterocycles. The number of aliphatic carboxylic acids is 1. The average Bonchev–Trinajstić information content (AvgIpc) is 2.73. The Morgan fingerprint density at radius 1 is 1.38 bits per heavy atom. The zero-order valence-corrected chi connectivity index (χ0v) is 12.2. The molecular weight excluding hydrogens is 292 g/mol. The molecule has 0 amide bonds. The highest BCUT2D eigenvalue weighted by Crippen LogP contribution is 2.31. The third-order valence-corrected chi connectivity index (χ3v) is 4.23. The first-order valence-corrected chi connectivity index (χ1v) is 7.75. The van der Waals surface area contributed by atoms with Gasteiger partial charge in [-0.3, -0.25) is 10.1 Å². The van der Waals surface area contributed by atoms with E-state index < -0.39 is 10.9 Å². The number of benzene rings is 1. The topological polar surface area (TPSA) is 83.7 Å². The lowest BCUT2D eigenvalue weighted by Gasteiger charge is -2.22. The maximum Gasteiger partial charge on any atom is 0.328 e. The molecule has 0 aliphatic carbocycles. The van der Waals surface area contributed by atoms with Crippen molar-refractivity contribution in [2.24, 2.45) is 0 Å². The van der Waals surface area contributed by atoms with Crippen molar-refractivity contribution in [2.75, 3.05) is 29.5 Å². The Kier molecular flexibility index (Phi) is 5.21. The first-order chi connectivity index (χ1) is 10.1. The minimum Gasteiger partial charge on any atom is -0.478 e. The summed E-state index contributed by atoms with van der Waals surface area (Å²) in [5, 5.41) is 19.9. The number of carboxylic acid groups (broad SMARTS) is 1. The number of carboxylic acids is 1. The van der Waals surface area contributed by atoms with Crippen LogP contribution in [-0.4, -0.2) is 40.6 Å². The molecule has 2 rings (SSSR count). The van der Waals surface area contributed by atoms with Crippen LogP contribution in [0.15, 0.2) is 24.3 Å². The van der Waals surface area contributed by atoms with Crippen LogP contribution >= 0.6 is 11.8 Å². The minimum atomic E-state index is -1.08. The molecule has 0 atom stereocenters. The van der Waals surface area contributed by atoms with Crippen molar-refractivity contribution in [3.05, 3.63) is 40.0 Å². The molecule has 0 saturated carbocycles. The van der Waals surface area contributed by atoms with Gasteiger partial charge < -0.3 is 10.0 Å². The number of rotatable bonds is 4. The van der Waals surface area contributed by atoms with E-state index in [0.717, 1.165) is 37.1 Å². The summed E-state index contributed by atoms with van der Waals surface area (Å²) in [5.41, 5.74) is 1.14. The van der Waals surface area contributed by atoms with Crippen LogP contribution in [0.25, 0.3) is 6.08 Å². The quantitative estimate of drug-likeness (QED) is 0.523. The fourth-order valence-corrected chi connectivity index (χ4v) is 3.10. The molecule has 1 aromatic rings. The Balaban J connectivity index is 2.32. The Morgan fingerprint density at radius 3 is 2.90 bits per heavy atom. The first kappa shape index (κ1) is 15.4. The molecule has 0 bridgehead atoms. The molecule has 1 aromatic carbocycles. The second-order valence-electron chi connectivity index (χ2n) is 4.63. The number of hydrogen-bond acceptors (Lipinski definition) is 5. The van der Waals surface area contributed by atoms with Crippen molar-refractivity contribution in [1.29, 1.82) is 0 Å². The molecule has 1 N–H and O–H groups in total. The predicted octanol–water partition coefficient (Wildman–Crippen LogP) is 2.64. The van der Waals surface area contributed by atoms with Gasteiger partial charge in [0.25, 0.3) is 5.69 Å². The lowest BCUT2D eigenvalue weighted by Crippen LogP contribution is -2.26. The van der Waals surface area contributed by atoms with Crippen LogP contribution < -0.4 is 4.90 Å². The fourth-order valence-electron chi connectivity index (χ4n) is 2.21. The van der Waals surface area contributed by atoms with Gasteiger partial charge >= 0.3 is 5.97 Å². The zero-order valence-electron chi connectivity index (χ0n) is 11.4. The second kappa shape index (κ2) is 7.12. The minimum absolute atomic E-state index is 0.0226. The molecule has 0 aromatic heterocycles. The van der Waals surface area contributed by atoms with Crippen molar-refractivity contribution in [1.82, 2.24) is 0 Å². The van der Waals surface area contributed by atoms with E-state index >= 15 is 0 Å². The number of nitro benzene ring substituents is 1. The third-order valence-electron chi connectivity index (χ3n) is 3.18. The summed E-state index contributed by atoms with van der Waals surface area (Å²) in [6.45, 7) is 1.59. The third kappa shape index (κ3) is 4.22. The summed E-state index contributed by atoms with van der Waals surface area (Å²) in [7, 11) is 0. The molecular formula is C14H16N2O4S. The van der Waals surface area contributed by atoms with Crippen molar-refractivity contribution in [3.8, 4) is 0 Å². The Hall–Kier alpha value is -2.02. The van der Waals surface area contributed by atoms with Crippen LogP contribution in [0.1, 0.15) is 12.0 Å². The van der Waals surface area contributed by atoms with Gasteiger partial charge in [-0.25, -0.2) is 4.79 Å². The number of hydrogen-bond donors (Lipinski definition) is 1. The Bertz CT molecular complexity index is 566. The van der Waals surface area contributed by atoms with Crippen molar-refractivity contribution < 1.29 is 14.8 Å². The molecule has 7 heteroatoms. The van der Waals surface area contributed by atoms with Crippen LogP contribution in [0.5, 0.6) is 0 Å². The molecule has 1 aliphatic heterocycles. The van der Waals surface area contributed by atoms with Crippen molar-refractivity contribution in [3.63, 3.8) is 0 Å². The summed E-state index contributed by atoms with van der Waals surface area (Å²) in [4.78, 5) is 23.4. The van der Waals surface area contributed by atoms with Crippen LogP contribution in [0.4, 0.5) is 11.4 Å². The molecule has 6 nitrogen and oxygen atoms in total. The number of nitrogens with zero attached hydrogens (tertiary/aromatic N) is 2. The SMILES string of the molecule is O=C(O)C=Cc1ccc(N2CCCSCC2)c([N+](=O)[O-])c1. The molecule has 1 aliphatic rings. The molecule has 1 fully saturated rings. The van der Waals surface area contributed by atoms with Gasteiger partial charge in [0.2, 0.25) is 0 Å². The lowest BCUT2D eigenvalue weighted by atomic mass is 10.1. The van der Waals surface area contributed by atoms with E-state index in [1.807, 2.05) is 16.7 Å². The molecule has 0 radical (unpaired) electrons. The number of carbonyl (C=O) groups is 1. The first-order valence-electron chi connectivity index (χ1n) is 6.60. The molecule has 112 valence electrons. The molecule has 0 spiro atoms. The van der Waals surface area contributed by atoms with E-state index in [4.69, 9.17) is 5.11 Å². The van der Waals surface area contributed by atoms with Gasteiger partial charge in [-0.05, 0) is 29.9 Å². The van der Waals surface area contributed by atoms with E-state index in [1.165, 1.54) is 12.1 Å². The smallest absolute Gasteiger partial charge is 0.328 e. The van der Waals surface area contributed by atoms with Crippen LogP contribution in [0.3, 0.4) is 0 Å². The van der Waals surface area contributed by atoms with Crippen LogP contribution in [0, 0.1) is 10.1 Å². The van der Waals surface area contributed by atoms with Gasteiger partial charge in [-0.2, -0.15) is 11.8 Å². The Morgan fingerprint density at radius 2 is 2.19 bits per heavy atom. The zero-order chi connectivity index (χ0) is 15.2. The molecule has 21 heavy (non-hydrogen) atoms. The van der Waals surface area contributed by atoms with Gasteiger partial charge in [-0.15, -0.1) is 0 Å².